The van der Waals surface area contributed by atoms with Crippen LogP contribution in [0, 0.1) is 0 Å². The van der Waals surface area contributed by atoms with Crippen LogP contribution in [0.4, 0.5) is 0 Å². The summed E-state index contributed by atoms with van der Waals surface area (Å²) in [6.07, 6.45) is 0. The summed E-state index contributed by atoms with van der Waals surface area (Å²) in [4.78, 5) is 35.1. The molecule has 20 heavy (non-hydrogen) atoms. The fourth-order valence-corrected chi connectivity index (χ4v) is 2.61. The van der Waals surface area contributed by atoms with Crippen molar-refractivity contribution in [2.24, 2.45) is 0 Å². The van der Waals surface area contributed by atoms with Gasteiger partial charge >= 0.3 is 5.97 Å². The van der Waals surface area contributed by atoms with Crippen LogP contribution in [-0.4, -0.2) is 37.0 Å². The van der Waals surface area contributed by atoms with Gasteiger partial charge in [-0.05, 0) is 41.9 Å². The number of halogens is 1. The summed E-state index contributed by atoms with van der Waals surface area (Å²) in [7, 11) is 0. The smallest absolute Gasteiger partial charge is 0.328 e. The molecule has 0 spiro atoms. The van der Waals surface area contributed by atoms with Crippen LogP contribution in [0.5, 0.6) is 0 Å². The van der Waals surface area contributed by atoms with Crippen molar-refractivity contribution >= 4 is 45.1 Å². The molecule has 0 saturated heterocycles. The van der Waals surface area contributed by atoms with Gasteiger partial charge in [0.05, 0.1) is 21.8 Å². The lowest BCUT2D eigenvalue weighted by molar-refractivity contribution is -0.146. The maximum absolute atomic E-state index is 11.7. The van der Waals surface area contributed by atoms with Crippen molar-refractivity contribution in [2.75, 3.05) is 13.2 Å². The summed E-state index contributed by atoms with van der Waals surface area (Å²) in [5.41, 5.74) is 0. The third-order valence-electron chi connectivity index (χ3n) is 2.22. The molecular weight excluding hydrogens is 348 g/mol. The summed E-state index contributed by atoms with van der Waals surface area (Å²) in [5.74, 6) is -1.29. The van der Waals surface area contributed by atoms with Gasteiger partial charge < -0.3 is 15.4 Å². The molecule has 1 heterocycles. The predicted octanol–water partition coefficient (Wildman–Crippen LogP) is 1.31. The van der Waals surface area contributed by atoms with Crippen molar-refractivity contribution < 1.29 is 19.1 Å². The number of hydrogen-bond acceptors (Lipinski definition) is 5. The Morgan fingerprint density at radius 1 is 1.40 bits per heavy atom. The van der Waals surface area contributed by atoms with Gasteiger partial charge in [-0.15, -0.1) is 11.3 Å². The minimum atomic E-state index is -0.741. The number of amides is 2. The fraction of sp³-hybridized carbons (Fsp3) is 0.417. The van der Waals surface area contributed by atoms with Crippen LogP contribution in [0.2, 0.25) is 0 Å². The zero-order valence-electron chi connectivity index (χ0n) is 11.1. The summed E-state index contributed by atoms with van der Waals surface area (Å²) >= 11 is 4.52. The fourth-order valence-electron chi connectivity index (χ4n) is 1.30. The highest BCUT2D eigenvalue weighted by molar-refractivity contribution is 9.11. The maximum Gasteiger partial charge on any atom is 0.328 e. The van der Waals surface area contributed by atoms with E-state index in [9.17, 15) is 14.4 Å². The van der Waals surface area contributed by atoms with Gasteiger partial charge in [-0.3, -0.25) is 9.59 Å². The Labute approximate surface area is 129 Å². The van der Waals surface area contributed by atoms with Gasteiger partial charge in [0, 0.05) is 0 Å². The highest BCUT2D eigenvalue weighted by Gasteiger charge is 2.17. The molecule has 8 heteroatoms. The molecule has 2 N–H and O–H groups in total. The van der Waals surface area contributed by atoms with Gasteiger partial charge in [0.25, 0.3) is 5.91 Å². The summed E-state index contributed by atoms with van der Waals surface area (Å²) in [5, 5.41) is 4.92. The Balaban J connectivity index is 2.36. The summed E-state index contributed by atoms with van der Waals surface area (Å²) in [6.45, 7) is 3.26. The first kappa shape index (κ1) is 16.6. The number of nitrogens with one attached hydrogen (secondary N) is 2. The minimum absolute atomic E-state index is 0.196. The first-order valence-corrected chi connectivity index (χ1v) is 7.54. The van der Waals surface area contributed by atoms with Crippen molar-refractivity contribution in [1.29, 1.82) is 0 Å². The SMILES string of the molecule is CCOC(=O)C(C)NC(=O)CNC(=O)c1ccc(Br)s1. The van der Waals surface area contributed by atoms with E-state index in [4.69, 9.17) is 4.74 Å². The molecule has 1 unspecified atom stereocenters. The number of hydrogen-bond donors (Lipinski definition) is 2. The van der Waals surface area contributed by atoms with Gasteiger partial charge in [0.1, 0.15) is 6.04 Å². The van der Waals surface area contributed by atoms with Crippen molar-refractivity contribution in [2.45, 2.75) is 19.9 Å². The molecular formula is C12H15BrN2O4S. The monoisotopic (exact) mass is 362 g/mol. The number of carbonyl (C=O) groups excluding carboxylic acids is 3. The normalized spacial score (nSPS) is 11.6. The van der Waals surface area contributed by atoms with Crippen molar-refractivity contribution in [1.82, 2.24) is 10.6 Å². The Hall–Kier alpha value is -1.41. The Kier molecular flexibility index (Phi) is 6.66. The average molecular weight is 363 g/mol. The second-order valence-corrected chi connectivity index (χ2v) is 6.29. The Bertz CT molecular complexity index is 503. The molecule has 0 radical (unpaired) electrons. The van der Waals surface area contributed by atoms with Gasteiger partial charge in [-0.2, -0.15) is 0 Å². The van der Waals surface area contributed by atoms with E-state index < -0.39 is 17.9 Å². The third-order valence-corrected chi connectivity index (χ3v) is 3.85. The van der Waals surface area contributed by atoms with Gasteiger partial charge in [-0.25, -0.2) is 4.79 Å². The van der Waals surface area contributed by atoms with E-state index in [-0.39, 0.29) is 19.1 Å². The Morgan fingerprint density at radius 2 is 2.10 bits per heavy atom. The second-order valence-electron chi connectivity index (χ2n) is 3.83. The van der Waals surface area contributed by atoms with Crippen LogP contribution in [-0.2, 0) is 14.3 Å². The summed E-state index contributed by atoms with van der Waals surface area (Å²) in [6, 6.07) is 2.67. The standard InChI is InChI=1S/C12H15BrN2O4S/c1-3-19-12(18)7(2)15-10(16)6-14-11(17)8-4-5-9(13)20-8/h4-5,7H,3,6H2,1-2H3,(H,14,17)(H,15,16). The first-order valence-electron chi connectivity index (χ1n) is 5.93. The lowest BCUT2D eigenvalue weighted by atomic mass is 10.3. The van der Waals surface area contributed by atoms with E-state index >= 15 is 0 Å². The van der Waals surface area contributed by atoms with Gasteiger partial charge in [0.15, 0.2) is 0 Å². The predicted molar refractivity (Wildman–Crippen MR) is 78.6 cm³/mol. The third kappa shape index (κ3) is 5.30. The molecule has 1 aromatic heterocycles. The van der Waals surface area contributed by atoms with Crippen molar-refractivity contribution in [3.8, 4) is 0 Å². The molecule has 6 nitrogen and oxygen atoms in total. The molecule has 0 aliphatic carbocycles. The van der Waals surface area contributed by atoms with Crippen molar-refractivity contribution in [3.05, 3.63) is 20.8 Å². The number of rotatable bonds is 6. The molecule has 2 amide bonds. The van der Waals surface area contributed by atoms with E-state index in [1.54, 1.807) is 19.1 Å². The van der Waals surface area contributed by atoms with E-state index in [2.05, 4.69) is 26.6 Å². The molecule has 0 saturated carbocycles. The topological polar surface area (TPSA) is 84.5 Å². The average Bonchev–Trinajstić information content (AvgIpc) is 2.83. The Morgan fingerprint density at radius 3 is 2.65 bits per heavy atom. The molecule has 1 rings (SSSR count). The first-order chi connectivity index (χ1) is 9.43. The highest BCUT2D eigenvalue weighted by atomic mass is 79.9. The van der Waals surface area contributed by atoms with Crippen LogP contribution in [0.3, 0.4) is 0 Å². The number of ether oxygens (including phenoxy) is 1. The van der Waals surface area contributed by atoms with E-state index in [0.29, 0.717) is 4.88 Å². The minimum Gasteiger partial charge on any atom is -0.464 e. The number of thiophene rings is 1. The molecule has 0 aromatic carbocycles. The molecule has 110 valence electrons. The largest absolute Gasteiger partial charge is 0.464 e. The van der Waals surface area contributed by atoms with E-state index in [1.165, 1.54) is 18.3 Å². The zero-order chi connectivity index (χ0) is 15.1. The van der Waals surface area contributed by atoms with Crippen molar-refractivity contribution in [3.63, 3.8) is 0 Å². The number of carbonyl (C=O) groups is 3. The molecule has 1 aromatic rings. The maximum atomic E-state index is 11.7. The van der Waals surface area contributed by atoms with E-state index in [0.717, 1.165) is 3.79 Å². The van der Waals surface area contributed by atoms with Crippen LogP contribution >= 0.6 is 27.3 Å². The zero-order valence-corrected chi connectivity index (χ0v) is 13.5. The molecule has 0 bridgehead atoms. The summed E-state index contributed by atoms with van der Waals surface area (Å²) < 4.78 is 5.59. The lowest BCUT2D eigenvalue weighted by Crippen LogP contribution is -2.44. The van der Waals surface area contributed by atoms with Gasteiger partial charge in [0.2, 0.25) is 5.91 Å². The molecule has 0 aliphatic rings. The quantitative estimate of drug-likeness (QED) is 0.747. The van der Waals surface area contributed by atoms with E-state index in [1.807, 2.05) is 0 Å². The molecule has 0 aliphatic heterocycles. The number of esters is 1. The molecule has 0 fully saturated rings. The molecule has 1 atom stereocenters. The van der Waals surface area contributed by atoms with Crippen LogP contribution < -0.4 is 10.6 Å². The van der Waals surface area contributed by atoms with Crippen LogP contribution in [0.1, 0.15) is 23.5 Å². The second kappa shape index (κ2) is 8.01. The van der Waals surface area contributed by atoms with Crippen LogP contribution in [0.15, 0.2) is 15.9 Å². The van der Waals surface area contributed by atoms with Crippen LogP contribution in [0.25, 0.3) is 0 Å². The van der Waals surface area contributed by atoms with Gasteiger partial charge in [-0.1, -0.05) is 0 Å². The lowest BCUT2D eigenvalue weighted by Gasteiger charge is -2.12. The highest BCUT2D eigenvalue weighted by Crippen LogP contribution is 2.21.